The minimum Gasteiger partial charge on any atom is -0.380 e. The quantitative estimate of drug-likeness (QED) is 0.633. The van der Waals surface area contributed by atoms with E-state index in [1.165, 1.54) is 4.57 Å². The lowest BCUT2D eigenvalue weighted by atomic mass is 9.45. The first-order valence-electron chi connectivity index (χ1n) is 8.19. The molecule has 6 heterocycles. The number of allylic oxidation sites excluding steroid dienone is 2. The number of hydrogen-bond donors (Lipinski definition) is 0. The smallest absolute Gasteiger partial charge is 0.347 e. The summed E-state index contributed by atoms with van der Waals surface area (Å²) in [5.74, 6) is 0. The van der Waals surface area contributed by atoms with Gasteiger partial charge in [-0.25, -0.2) is 23.5 Å². The van der Waals surface area contributed by atoms with Crippen LogP contribution in [0.15, 0.2) is 32.0 Å². The van der Waals surface area contributed by atoms with Gasteiger partial charge >= 0.3 is 11.4 Å². The third kappa shape index (κ3) is 0.969. The van der Waals surface area contributed by atoms with Gasteiger partial charge in [-0.15, -0.1) is 0 Å². The number of rotatable bonds is 0. The fraction of sp³-hybridized carbons (Fsp3) is 0.733. The van der Waals surface area contributed by atoms with Crippen molar-refractivity contribution in [3.05, 3.63) is 33.1 Å². The van der Waals surface area contributed by atoms with Gasteiger partial charge < -0.3 is 4.74 Å². The van der Waals surface area contributed by atoms with E-state index in [4.69, 9.17) is 4.74 Å². The predicted octanol–water partition coefficient (Wildman–Crippen LogP) is 0.0139. The molecule has 8 rings (SSSR count). The SMILES string of the molecule is Cn1c(=O)n2n(c1=O)[C@H]1C=CC2[C@@]23COCC12C1CC[C@H]3N=N1. The zero-order chi connectivity index (χ0) is 15.6. The Kier molecular flexibility index (Phi) is 1.86. The second kappa shape index (κ2) is 3.43. The first-order chi connectivity index (χ1) is 11.1. The molecular weight excluding hydrogens is 298 g/mol. The summed E-state index contributed by atoms with van der Waals surface area (Å²) >= 11 is 0. The highest BCUT2D eigenvalue weighted by molar-refractivity contribution is 5.33. The number of azo groups is 1. The molecule has 0 N–H and O–H groups in total. The van der Waals surface area contributed by atoms with E-state index in [2.05, 4.69) is 22.4 Å². The first kappa shape index (κ1) is 12.5. The van der Waals surface area contributed by atoms with Crippen molar-refractivity contribution >= 4 is 0 Å². The van der Waals surface area contributed by atoms with Crippen LogP contribution < -0.4 is 11.4 Å². The van der Waals surface area contributed by atoms with Crippen molar-refractivity contribution in [3.8, 4) is 0 Å². The molecule has 0 radical (unpaired) electrons. The molecule has 1 aromatic rings. The van der Waals surface area contributed by atoms with Crippen LogP contribution in [0.2, 0.25) is 0 Å². The lowest BCUT2D eigenvalue weighted by Gasteiger charge is -2.64. The molecule has 5 aliphatic heterocycles. The van der Waals surface area contributed by atoms with Gasteiger partial charge in [0.25, 0.3) is 0 Å². The second-order valence-corrected chi connectivity index (χ2v) is 7.50. The van der Waals surface area contributed by atoms with E-state index in [1.54, 1.807) is 16.4 Å². The molecule has 23 heavy (non-hydrogen) atoms. The van der Waals surface area contributed by atoms with Gasteiger partial charge in [0.05, 0.1) is 48.2 Å². The highest BCUT2D eigenvalue weighted by Crippen LogP contribution is 2.71. The molecule has 2 aliphatic carbocycles. The third-order valence-electron chi connectivity index (χ3n) is 7.05. The molecule has 8 nitrogen and oxygen atoms in total. The molecule has 0 aromatic carbocycles. The summed E-state index contributed by atoms with van der Waals surface area (Å²) in [5, 5.41) is 9.12. The van der Waals surface area contributed by atoms with Crippen LogP contribution in [0.5, 0.6) is 0 Å². The Bertz CT molecular complexity index is 853. The number of nitrogens with zero attached hydrogens (tertiary/aromatic N) is 5. The summed E-state index contributed by atoms with van der Waals surface area (Å²) in [7, 11) is 1.55. The number of aromatic nitrogens is 3. The minimum atomic E-state index is -0.248. The van der Waals surface area contributed by atoms with Crippen molar-refractivity contribution in [2.45, 2.75) is 37.0 Å². The van der Waals surface area contributed by atoms with E-state index in [9.17, 15) is 9.59 Å². The van der Waals surface area contributed by atoms with E-state index >= 15 is 0 Å². The van der Waals surface area contributed by atoms with Crippen LogP contribution >= 0.6 is 0 Å². The number of hydrogen-bond acceptors (Lipinski definition) is 5. The maximum Gasteiger partial charge on any atom is 0.347 e. The molecule has 4 bridgehead atoms. The van der Waals surface area contributed by atoms with Gasteiger partial charge in [-0.2, -0.15) is 10.2 Å². The van der Waals surface area contributed by atoms with Crippen molar-refractivity contribution < 1.29 is 4.74 Å². The maximum atomic E-state index is 12.7. The van der Waals surface area contributed by atoms with Gasteiger partial charge in [0, 0.05) is 7.05 Å². The van der Waals surface area contributed by atoms with Crippen molar-refractivity contribution in [1.82, 2.24) is 13.9 Å². The van der Waals surface area contributed by atoms with E-state index in [-0.39, 0.29) is 46.4 Å². The van der Waals surface area contributed by atoms with Crippen LogP contribution in [0.3, 0.4) is 0 Å². The van der Waals surface area contributed by atoms with Gasteiger partial charge in [-0.3, -0.25) is 0 Å². The molecular formula is C15H17N5O3. The Balaban J connectivity index is 1.77. The Labute approximate surface area is 131 Å². The van der Waals surface area contributed by atoms with Crippen LogP contribution in [-0.4, -0.2) is 39.2 Å². The topological polar surface area (TPSA) is 82.9 Å². The Morgan fingerprint density at radius 3 is 1.91 bits per heavy atom. The normalized spacial score (nSPS) is 47.7. The zero-order valence-electron chi connectivity index (χ0n) is 12.8. The summed E-state index contributed by atoms with van der Waals surface area (Å²) in [6.45, 7) is 1.18. The summed E-state index contributed by atoms with van der Waals surface area (Å²) in [6, 6.07) is -0.210. The van der Waals surface area contributed by atoms with Gasteiger partial charge in [0.2, 0.25) is 0 Å². The average molecular weight is 315 g/mol. The maximum absolute atomic E-state index is 12.7. The highest BCUT2D eigenvalue weighted by Gasteiger charge is 2.77. The van der Waals surface area contributed by atoms with E-state index < -0.39 is 0 Å². The molecule has 2 fully saturated rings. The lowest BCUT2D eigenvalue weighted by Crippen LogP contribution is -2.71. The van der Waals surface area contributed by atoms with Crippen LogP contribution in [0.25, 0.3) is 0 Å². The number of ether oxygens (including phenoxy) is 1. The zero-order valence-corrected chi connectivity index (χ0v) is 12.8. The Morgan fingerprint density at radius 1 is 1.00 bits per heavy atom. The van der Waals surface area contributed by atoms with Crippen LogP contribution in [0.1, 0.15) is 24.9 Å². The fourth-order valence-corrected chi connectivity index (χ4v) is 6.13. The van der Waals surface area contributed by atoms with Crippen LogP contribution in [-0.2, 0) is 11.8 Å². The van der Waals surface area contributed by atoms with E-state index in [0.717, 1.165) is 12.8 Å². The van der Waals surface area contributed by atoms with E-state index in [1.807, 2.05) is 0 Å². The summed E-state index contributed by atoms with van der Waals surface area (Å²) in [4.78, 5) is 25.3. The van der Waals surface area contributed by atoms with Crippen LogP contribution in [0.4, 0.5) is 0 Å². The van der Waals surface area contributed by atoms with Gasteiger partial charge in [0.15, 0.2) is 0 Å². The summed E-state index contributed by atoms with van der Waals surface area (Å²) in [5.41, 5.74) is -0.978. The molecule has 6 atom stereocenters. The predicted molar refractivity (Wildman–Crippen MR) is 78.5 cm³/mol. The molecule has 1 saturated heterocycles. The standard InChI is InChI=1S/C15H17N5O3/c1-18-12(21)19-10-4-5-11(20(19)13(18)22)15-7-23-6-14(10,15)8-2-3-9(15)17-16-8/h4-5,8-11H,2-3,6-7H2,1H3/t8-,9?,10?,11+,14+,15?/m1/s1. The van der Waals surface area contributed by atoms with Gasteiger partial charge in [-0.1, -0.05) is 12.2 Å². The third-order valence-corrected chi connectivity index (χ3v) is 7.05. The Morgan fingerprint density at radius 2 is 1.48 bits per heavy atom. The van der Waals surface area contributed by atoms with Crippen molar-refractivity contribution in [1.29, 1.82) is 0 Å². The van der Waals surface area contributed by atoms with Crippen molar-refractivity contribution in [2.24, 2.45) is 28.1 Å². The number of fused-ring (bicyclic) bond motifs is 1. The van der Waals surface area contributed by atoms with Crippen LogP contribution in [0, 0.1) is 10.8 Å². The minimum absolute atomic E-state index is 0.0726. The molecule has 8 heteroatoms. The van der Waals surface area contributed by atoms with Crippen molar-refractivity contribution in [2.75, 3.05) is 13.2 Å². The molecule has 3 unspecified atom stereocenters. The van der Waals surface area contributed by atoms with E-state index in [0.29, 0.717) is 13.2 Å². The first-order valence-corrected chi connectivity index (χ1v) is 8.19. The lowest BCUT2D eigenvalue weighted by molar-refractivity contribution is -0.125. The molecule has 0 amide bonds. The highest BCUT2D eigenvalue weighted by atomic mass is 16.5. The molecule has 1 aromatic heterocycles. The Hall–Kier alpha value is -1.96. The summed E-state index contributed by atoms with van der Waals surface area (Å²) < 4.78 is 10.5. The second-order valence-electron chi connectivity index (χ2n) is 7.50. The fourth-order valence-electron chi connectivity index (χ4n) is 6.13. The largest absolute Gasteiger partial charge is 0.380 e. The van der Waals surface area contributed by atoms with Crippen molar-refractivity contribution in [3.63, 3.8) is 0 Å². The molecule has 1 saturated carbocycles. The molecule has 0 spiro atoms. The average Bonchev–Trinajstić information content (AvgIpc) is 3.14. The monoisotopic (exact) mass is 315 g/mol. The molecule has 120 valence electrons. The molecule has 7 aliphatic rings. The van der Waals surface area contributed by atoms with Gasteiger partial charge in [-0.05, 0) is 12.8 Å². The van der Waals surface area contributed by atoms with Gasteiger partial charge in [0.1, 0.15) is 0 Å². The summed E-state index contributed by atoms with van der Waals surface area (Å²) in [6.07, 6.45) is 6.16.